The van der Waals surface area contributed by atoms with Gasteiger partial charge in [-0.05, 0) is 35.6 Å². The van der Waals surface area contributed by atoms with Crippen LogP contribution in [0.15, 0.2) is 40.1 Å². The van der Waals surface area contributed by atoms with Crippen molar-refractivity contribution in [2.75, 3.05) is 5.32 Å². The van der Waals surface area contributed by atoms with Crippen molar-refractivity contribution in [3.05, 3.63) is 57.5 Å². The van der Waals surface area contributed by atoms with E-state index < -0.39 is 0 Å². The van der Waals surface area contributed by atoms with Gasteiger partial charge in [-0.25, -0.2) is 4.39 Å². The Labute approximate surface area is 144 Å². The molecule has 2 aromatic heterocycles. The van der Waals surface area contributed by atoms with Gasteiger partial charge in [-0.3, -0.25) is 10.1 Å². The van der Waals surface area contributed by atoms with Crippen LogP contribution in [-0.4, -0.2) is 16.1 Å². The number of hydrogen-bond acceptors (Lipinski definition) is 6. The highest BCUT2D eigenvalue weighted by molar-refractivity contribution is 8.00. The molecule has 0 bridgehead atoms. The molecule has 0 saturated carbocycles. The van der Waals surface area contributed by atoms with Crippen molar-refractivity contribution in [3.63, 3.8) is 0 Å². The normalized spacial score (nSPS) is 10.7. The Hall–Kier alpha value is -1.77. The molecule has 0 radical (unpaired) electrons. The number of amides is 1. The first-order valence-electron chi connectivity index (χ1n) is 6.68. The number of thiophene rings is 1. The van der Waals surface area contributed by atoms with Gasteiger partial charge in [0.05, 0.1) is 4.88 Å². The molecule has 0 fully saturated rings. The lowest BCUT2D eigenvalue weighted by Crippen LogP contribution is -2.09. The van der Waals surface area contributed by atoms with Crippen LogP contribution < -0.4 is 5.32 Å². The summed E-state index contributed by atoms with van der Waals surface area (Å²) in [5, 5.41) is 13.1. The quantitative estimate of drug-likeness (QED) is 0.531. The van der Waals surface area contributed by atoms with E-state index in [1.165, 1.54) is 40.5 Å². The zero-order valence-electron chi connectivity index (χ0n) is 12.1. The molecule has 0 saturated heterocycles. The molecule has 2 heterocycles. The lowest BCUT2D eigenvalue weighted by atomic mass is 10.2. The molecule has 0 spiro atoms. The summed E-state index contributed by atoms with van der Waals surface area (Å²) < 4.78 is 14.2. The minimum Gasteiger partial charge on any atom is -0.296 e. The van der Waals surface area contributed by atoms with Gasteiger partial charge in [0.2, 0.25) is 5.13 Å². The minimum atomic E-state index is -0.230. The largest absolute Gasteiger partial charge is 0.296 e. The first-order valence-corrected chi connectivity index (χ1v) is 9.36. The molecule has 0 unspecified atom stereocenters. The van der Waals surface area contributed by atoms with E-state index in [1.807, 2.05) is 18.4 Å². The average Bonchev–Trinajstić information content (AvgIpc) is 3.15. The summed E-state index contributed by atoms with van der Waals surface area (Å²) in [5.74, 6) is 0.0512. The third-order valence-corrected chi connectivity index (χ3v) is 5.96. The number of halogens is 1. The third kappa shape index (κ3) is 4.15. The van der Waals surface area contributed by atoms with E-state index in [0.29, 0.717) is 25.7 Å². The van der Waals surface area contributed by atoms with E-state index in [-0.39, 0.29) is 11.7 Å². The second-order valence-corrected chi connectivity index (χ2v) is 7.81. The van der Waals surface area contributed by atoms with Crippen molar-refractivity contribution in [1.29, 1.82) is 0 Å². The summed E-state index contributed by atoms with van der Waals surface area (Å²) >= 11 is 4.06. The van der Waals surface area contributed by atoms with Gasteiger partial charge in [-0.1, -0.05) is 41.3 Å². The van der Waals surface area contributed by atoms with Gasteiger partial charge in [0, 0.05) is 5.75 Å². The Morgan fingerprint density at radius 1 is 1.35 bits per heavy atom. The lowest BCUT2D eigenvalue weighted by molar-refractivity contribution is 0.103. The molecular weight excluding hydrogens is 353 g/mol. The lowest BCUT2D eigenvalue weighted by Gasteiger charge is -1.99. The van der Waals surface area contributed by atoms with Crippen molar-refractivity contribution in [2.24, 2.45) is 0 Å². The molecule has 118 valence electrons. The maximum atomic E-state index is 13.6. The zero-order valence-corrected chi connectivity index (χ0v) is 14.5. The van der Waals surface area contributed by atoms with Crippen LogP contribution in [-0.2, 0) is 5.75 Å². The number of aryl methyl sites for hydroxylation is 1. The predicted octanol–water partition coefficient (Wildman–Crippen LogP) is 4.59. The van der Waals surface area contributed by atoms with E-state index >= 15 is 0 Å². The average molecular weight is 365 g/mol. The molecular formula is C15H12FN3OS3. The summed E-state index contributed by atoms with van der Waals surface area (Å²) in [6, 6.07) is 8.47. The van der Waals surface area contributed by atoms with Gasteiger partial charge in [-0.15, -0.1) is 21.5 Å². The Balaban J connectivity index is 1.60. The van der Waals surface area contributed by atoms with Crippen molar-refractivity contribution < 1.29 is 9.18 Å². The topological polar surface area (TPSA) is 54.9 Å². The first-order chi connectivity index (χ1) is 11.1. The highest BCUT2D eigenvalue weighted by Crippen LogP contribution is 2.29. The van der Waals surface area contributed by atoms with Crippen molar-refractivity contribution in [1.82, 2.24) is 10.2 Å². The van der Waals surface area contributed by atoms with Gasteiger partial charge in [0.25, 0.3) is 5.91 Å². The number of benzene rings is 1. The Kier molecular flexibility index (Phi) is 5.04. The second kappa shape index (κ2) is 7.20. The summed E-state index contributed by atoms with van der Waals surface area (Å²) in [6.45, 7) is 1.94. The maximum Gasteiger partial charge on any atom is 0.267 e. The number of thioether (sulfide) groups is 1. The highest BCUT2D eigenvalue weighted by Gasteiger charge is 2.12. The molecule has 1 aromatic carbocycles. The number of carbonyl (C=O) groups is 1. The molecule has 1 N–H and O–H groups in total. The number of hydrogen-bond donors (Lipinski definition) is 1. The molecule has 3 aromatic rings. The smallest absolute Gasteiger partial charge is 0.267 e. The van der Waals surface area contributed by atoms with Crippen LogP contribution in [0.3, 0.4) is 0 Å². The minimum absolute atomic E-state index is 0.190. The Bertz CT molecular complexity index is 831. The van der Waals surface area contributed by atoms with Crippen LogP contribution in [0, 0.1) is 12.7 Å². The van der Waals surface area contributed by atoms with E-state index in [1.54, 1.807) is 18.2 Å². The fourth-order valence-electron chi connectivity index (χ4n) is 1.78. The summed E-state index contributed by atoms with van der Waals surface area (Å²) in [6.07, 6.45) is 0. The van der Waals surface area contributed by atoms with E-state index in [2.05, 4.69) is 15.5 Å². The standard InChI is InChI=1S/C15H12FN3OS3/c1-9-6-12(21-7-9)13(20)17-14-18-19-15(23-14)22-8-10-4-2-3-5-11(10)16/h2-7H,8H2,1H3,(H,17,18,20). The van der Waals surface area contributed by atoms with E-state index in [0.717, 1.165) is 5.56 Å². The second-order valence-electron chi connectivity index (χ2n) is 4.70. The Morgan fingerprint density at radius 3 is 2.91 bits per heavy atom. The molecule has 3 rings (SSSR count). The number of nitrogens with one attached hydrogen (secondary N) is 1. The zero-order chi connectivity index (χ0) is 16.2. The third-order valence-electron chi connectivity index (χ3n) is 2.89. The molecule has 8 heteroatoms. The molecule has 0 aliphatic heterocycles. The summed E-state index contributed by atoms with van der Waals surface area (Å²) in [7, 11) is 0. The van der Waals surface area contributed by atoms with Gasteiger partial charge in [-0.2, -0.15) is 0 Å². The molecule has 4 nitrogen and oxygen atoms in total. The monoisotopic (exact) mass is 365 g/mol. The van der Waals surface area contributed by atoms with Gasteiger partial charge in [0.1, 0.15) is 5.82 Å². The van der Waals surface area contributed by atoms with Gasteiger partial charge < -0.3 is 0 Å². The molecule has 0 atom stereocenters. The maximum absolute atomic E-state index is 13.6. The molecule has 23 heavy (non-hydrogen) atoms. The van der Waals surface area contributed by atoms with Gasteiger partial charge >= 0.3 is 0 Å². The van der Waals surface area contributed by atoms with E-state index in [9.17, 15) is 9.18 Å². The summed E-state index contributed by atoms with van der Waals surface area (Å²) in [5.41, 5.74) is 1.67. The first kappa shape index (κ1) is 16.1. The van der Waals surface area contributed by atoms with Crippen LogP contribution in [0.25, 0.3) is 0 Å². The molecule has 0 aliphatic rings. The number of anilines is 1. The van der Waals surface area contributed by atoms with Crippen LogP contribution >= 0.6 is 34.4 Å². The number of carbonyl (C=O) groups excluding carboxylic acids is 1. The summed E-state index contributed by atoms with van der Waals surface area (Å²) in [4.78, 5) is 12.7. The number of aromatic nitrogens is 2. The SMILES string of the molecule is Cc1csc(C(=O)Nc2nnc(SCc3ccccc3F)s2)c1. The predicted molar refractivity (Wildman–Crippen MR) is 92.9 cm³/mol. The van der Waals surface area contributed by atoms with E-state index in [4.69, 9.17) is 0 Å². The van der Waals surface area contributed by atoms with Crippen LogP contribution in [0.5, 0.6) is 0 Å². The number of rotatable bonds is 5. The van der Waals surface area contributed by atoms with Crippen LogP contribution in [0.1, 0.15) is 20.8 Å². The van der Waals surface area contributed by atoms with Crippen molar-refractivity contribution in [2.45, 2.75) is 17.0 Å². The highest BCUT2D eigenvalue weighted by atomic mass is 32.2. The van der Waals surface area contributed by atoms with Crippen molar-refractivity contribution >= 4 is 45.5 Å². The fourth-order valence-corrected chi connectivity index (χ4v) is 4.31. The number of nitrogens with zero attached hydrogens (tertiary/aromatic N) is 2. The van der Waals surface area contributed by atoms with Gasteiger partial charge in [0.15, 0.2) is 4.34 Å². The molecule has 0 aliphatic carbocycles. The van der Waals surface area contributed by atoms with Crippen LogP contribution in [0.2, 0.25) is 0 Å². The molecule has 1 amide bonds. The fraction of sp³-hybridized carbons (Fsp3) is 0.133. The van der Waals surface area contributed by atoms with Crippen LogP contribution in [0.4, 0.5) is 9.52 Å². The van der Waals surface area contributed by atoms with Crippen molar-refractivity contribution in [3.8, 4) is 0 Å². The Morgan fingerprint density at radius 2 is 2.17 bits per heavy atom.